The lowest BCUT2D eigenvalue weighted by molar-refractivity contribution is 0.0964. The van der Waals surface area contributed by atoms with Gasteiger partial charge in [-0.3, -0.25) is 4.79 Å². The second-order valence-corrected chi connectivity index (χ2v) is 6.07. The Hall–Kier alpha value is -3.28. The van der Waals surface area contributed by atoms with Gasteiger partial charge in [0, 0.05) is 40.7 Å². The highest BCUT2D eigenvalue weighted by molar-refractivity contribution is 6.06. The molecule has 0 unspecified atom stereocenters. The van der Waals surface area contributed by atoms with Crippen molar-refractivity contribution in [2.45, 2.75) is 6.92 Å². The second-order valence-electron chi connectivity index (χ2n) is 6.07. The van der Waals surface area contributed by atoms with Crippen molar-refractivity contribution in [1.29, 1.82) is 0 Å². The number of benzene rings is 2. The van der Waals surface area contributed by atoms with Crippen LogP contribution in [0.4, 0.5) is 8.78 Å². The van der Waals surface area contributed by atoms with Crippen LogP contribution in [0.1, 0.15) is 15.9 Å². The molecular formula is C20H15F2N3O. The third-order valence-corrected chi connectivity index (χ3v) is 4.58. The molecule has 0 aliphatic heterocycles. The van der Waals surface area contributed by atoms with Crippen molar-refractivity contribution < 1.29 is 13.6 Å². The molecule has 0 bridgehead atoms. The monoisotopic (exact) mass is 351 g/mol. The molecule has 0 saturated carbocycles. The number of amides is 1. The molecule has 4 rings (SSSR count). The van der Waals surface area contributed by atoms with Crippen LogP contribution < -0.4 is 5.32 Å². The first-order valence-corrected chi connectivity index (χ1v) is 8.09. The van der Waals surface area contributed by atoms with E-state index in [9.17, 15) is 13.6 Å². The molecule has 4 aromatic rings. The van der Waals surface area contributed by atoms with Crippen molar-refractivity contribution in [2.75, 3.05) is 7.05 Å². The zero-order valence-electron chi connectivity index (χ0n) is 14.2. The number of H-pyrrole nitrogens is 1. The summed E-state index contributed by atoms with van der Waals surface area (Å²) in [5.41, 5.74) is 2.56. The standard InChI is InChI=1S/C20H15F2N3O/c1-10-15(21)8-13-14(9-24-19(13)18(10)22)17-7-6-11-12(20(26)23-2)4-3-5-16(11)25-17/h3-9,24H,1-2H3,(H,23,26). The fraction of sp³-hybridized carbons (Fsp3) is 0.100. The van der Waals surface area contributed by atoms with Gasteiger partial charge >= 0.3 is 0 Å². The topological polar surface area (TPSA) is 57.8 Å². The number of hydrogen-bond acceptors (Lipinski definition) is 2. The molecule has 130 valence electrons. The van der Waals surface area contributed by atoms with Gasteiger partial charge < -0.3 is 10.3 Å². The van der Waals surface area contributed by atoms with Gasteiger partial charge in [0.25, 0.3) is 5.91 Å². The number of hydrogen-bond donors (Lipinski definition) is 2. The van der Waals surface area contributed by atoms with Crippen molar-refractivity contribution in [3.8, 4) is 11.3 Å². The van der Waals surface area contributed by atoms with Crippen molar-refractivity contribution in [3.63, 3.8) is 0 Å². The fourth-order valence-corrected chi connectivity index (χ4v) is 3.14. The maximum atomic E-state index is 14.3. The minimum absolute atomic E-state index is 0.0207. The number of pyridine rings is 1. The summed E-state index contributed by atoms with van der Waals surface area (Å²) in [6.45, 7) is 1.40. The molecule has 2 aromatic carbocycles. The summed E-state index contributed by atoms with van der Waals surface area (Å²) in [5.74, 6) is -1.40. The number of aromatic nitrogens is 2. The van der Waals surface area contributed by atoms with Crippen LogP contribution in [0.3, 0.4) is 0 Å². The molecule has 26 heavy (non-hydrogen) atoms. The van der Waals surface area contributed by atoms with E-state index in [0.717, 1.165) is 0 Å². The van der Waals surface area contributed by atoms with Crippen molar-refractivity contribution in [2.24, 2.45) is 0 Å². The Balaban J connectivity index is 1.93. The van der Waals surface area contributed by atoms with Gasteiger partial charge in [0.2, 0.25) is 0 Å². The summed E-state index contributed by atoms with van der Waals surface area (Å²) in [6, 6.07) is 10.1. The Morgan fingerprint density at radius 3 is 2.73 bits per heavy atom. The van der Waals surface area contributed by atoms with Gasteiger partial charge in [-0.2, -0.15) is 0 Å². The molecule has 2 heterocycles. The molecule has 0 atom stereocenters. The summed E-state index contributed by atoms with van der Waals surface area (Å²) in [5, 5.41) is 3.74. The predicted octanol–water partition coefficient (Wildman–Crippen LogP) is 4.33. The van der Waals surface area contributed by atoms with Gasteiger partial charge in [0.1, 0.15) is 5.82 Å². The van der Waals surface area contributed by atoms with E-state index in [1.54, 1.807) is 43.6 Å². The average Bonchev–Trinajstić information content (AvgIpc) is 3.08. The van der Waals surface area contributed by atoms with Crippen molar-refractivity contribution in [1.82, 2.24) is 15.3 Å². The van der Waals surface area contributed by atoms with Crippen LogP contribution in [0.2, 0.25) is 0 Å². The van der Waals surface area contributed by atoms with Crippen LogP contribution in [0, 0.1) is 18.6 Å². The van der Waals surface area contributed by atoms with Crippen LogP contribution in [0.25, 0.3) is 33.1 Å². The molecule has 6 heteroatoms. The molecule has 0 radical (unpaired) electrons. The quantitative estimate of drug-likeness (QED) is 0.565. The van der Waals surface area contributed by atoms with Crippen LogP contribution in [-0.4, -0.2) is 22.9 Å². The van der Waals surface area contributed by atoms with Crippen LogP contribution in [0.15, 0.2) is 42.6 Å². The van der Waals surface area contributed by atoms with Gasteiger partial charge in [0.15, 0.2) is 5.82 Å². The van der Waals surface area contributed by atoms with Crippen molar-refractivity contribution >= 4 is 27.7 Å². The Labute approximate surface area is 147 Å². The van der Waals surface area contributed by atoms with Gasteiger partial charge in [-0.25, -0.2) is 13.8 Å². The van der Waals surface area contributed by atoms with Crippen LogP contribution in [0.5, 0.6) is 0 Å². The highest BCUT2D eigenvalue weighted by Gasteiger charge is 2.17. The molecule has 0 saturated heterocycles. The van der Waals surface area contributed by atoms with Gasteiger partial charge in [0.05, 0.1) is 16.7 Å². The van der Waals surface area contributed by atoms with Gasteiger partial charge in [-0.1, -0.05) is 6.07 Å². The van der Waals surface area contributed by atoms with E-state index in [-0.39, 0.29) is 17.0 Å². The lowest BCUT2D eigenvalue weighted by atomic mass is 10.0. The normalized spacial score (nSPS) is 11.2. The third kappa shape index (κ3) is 2.34. The highest BCUT2D eigenvalue weighted by atomic mass is 19.1. The smallest absolute Gasteiger partial charge is 0.251 e. The first-order chi connectivity index (χ1) is 12.5. The van der Waals surface area contributed by atoms with E-state index < -0.39 is 11.6 Å². The SMILES string of the molecule is CNC(=O)c1cccc2nc(-c3c[nH]c4c(F)c(C)c(F)cc34)ccc12. The number of nitrogens with zero attached hydrogens (tertiary/aromatic N) is 1. The molecule has 0 aliphatic rings. The highest BCUT2D eigenvalue weighted by Crippen LogP contribution is 2.32. The molecular weight excluding hydrogens is 336 g/mol. The molecule has 4 nitrogen and oxygen atoms in total. The number of nitrogens with one attached hydrogen (secondary N) is 2. The van der Waals surface area contributed by atoms with Crippen LogP contribution >= 0.6 is 0 Å². The molecule has 0 spiro atoms. The Morgan fingerprint density at radius 2 is 1.96 bits per heavy atom. The number of carbonyl (C=O) groups is 1. The predicted molar refractivity (Wildman–Crippen MR) is 97.1 cm³/mol. The Morgan fingerprint density at radius 1 is 1.15 bits per heavy atom. The number of rotatable bonds is 2. The summed E-state index contributed by atoms with van der Waals surface area (Å²) >= 11 is 0. The first-order valence-electron chi connectivity index (χ1n) is 8.09. The third-order valence-electron chi connectivity index (χ3n) is 4.58. The zero-order chi connectivity index (χ0) is 18.4. The summed E-state index contributed by atoms with van der Waals surface area (Å²) in [6.07, 6.45) is 1.61. The Bertz CT molecular complexity index is 1180. The first kappa shape index (κ1) is 16.2. The van der Waals surface area contributed by atoms with Gasteiger partial charge in [-0.15, -0.1) is 0 Å². The molecule has 0 fully saturated rings. The Kier molecular flexibility index (Phi) is 3.68. The second kappa shape index (κ2) is 5.91. The largest absolute Gasteiger partial charge is 0.358 e. The zero-order valence-corrected chi connectivity index (χ0v) is 14.2. The molecule has 0 aliphatic carbocycles. The summed E-state index contributed by atoms with van der Waals surface area (Å²) < 4.78 is 28.3. The molecule has 2 aromatic heterocycles. The van der Waals surface area contributed by atoms with E-state index in [2.05, 4.69) is 15.3 Å². The molecule has 2 N–H and O–H groups in total. The lowest BCUT2D eigenvalue weighted by Crippen LogP contribution is -2.18. The summed E-state index contributed by atoms with van der Waals surface area (Å²) in [7, 11) is 1.57. The number of halogens is 2. The van der Waals surface area contributed by atoms with E-state index in [0.29, 0.717) is 33.1 Å². The molecule has 1 amide bonds. The van der Waals surface area contributed by atoms with Crippen LogP contribution in [-0.2, 0) is 0 Å². The maximum absolute atomic E-state index is 14.3. The van der Waals surface area contributed by atoms with Gasteiger partial charge in [-0.05, 0) is 37.3 Å². The lowest BCUT2D eigenvalue weighted by Gasteiger charge is -2.07. The average molecular weight is 351 g/mol. The summed E-state index contributed by atoms with van der Waals surface area (Å²) in [4.78, 5) is 19.4. The number of fused-ring (bicyclic) bond motifs is 2. The number of aromatic amines is 1. The fourth-order valence-electron chi connectivity index (χ4n) is 3.14. The minimum Gasteiger partial charge on any atom is -0.358 e. The van der Waals surface area contributed by atoms with E-state index in [1.807, 2.05) is 0 Å². The van der Waals surface area contributed by atoms with E-state index in [1.165, 1.54) is 13.0 Å². The number of carbonyl (C=O) groups excluding carboxylic acids is 1. The van der Waals surface area contributed by atoms with Crippen molar-refractivity contribution in [3.05, 3.63) is 65.4 Å². The van der Waals surface area contributed by atoms with E-state index in [4.69, 9.17) is 0 Å². The minimum atomic E-state index is -0.603. The maximum Gasteiger partial charge on any atom is 0.251 e. The van der Waals surface area contributed by atoms with E-state index >= 15 is 0 Å².